The first-order valence-electron chi connectivity index (χ1n) is 8.75. The Kier molecular flexibility index (Phi) is 7.91. The van der Waals surface area contributed by atoms with Gasteiger partial charge in [-0.05, 0) is 30.7 Å². The van der Waals surface area contributed by atoms with Gasteiger partial charge in [-0.1, -0.05) is 30.3 Å². The molecular formula is C19H25ClN2O4S. The summed E-state index contributed by atoms with van der Waals surface area (Å²) in [5.74, 6) is 1.06. The van der Waals surface area contributed by atoms with Crippen molar-refractivity contribution in [2.75, 3.05) is 26.3 Å². The van der Waals surface area contributed by atoms with Crippen LogP contribution in [0.2, 0.25) is 0 Å². The number of hydrogen-bond donors (Lipinski definition) is 1. The molecule has 0 atom stereocenters. The molecule has 6 nitrogen and oxygen atoms in total. The Hall–Kier alpha value is -1.80. The number of benzene rings is 2. The highest BCUT2D eigenvalue weighted by atomic mass is 35.5. The fraction of sp³-hybridized carbons (Fsp3) is 0.368. The van der Waals surface area contributed by atoms with E-state index >= 15 is 0 Å². The average Bonchev–Trinajstić information content (AvgIpc) is 2.90. The van der Waals surface area contributed by atoms with Crippen LogP contribution in [0.15, 0.2) is 53.4 Å². The molecule has 8 heteroatoms. The first-order valence-corrected chi connectivity index (χ1v) is 10.2. The first kappa shape index (κ1) is 21.5. The van der Waals surface area contributed by atoms with Crippen LogP contribution in [0.1, 0.15) is 18.4 Å². The normalized spacial score (nSPS) is 13.7. The van der Waals surface area contributed by atoms with Crippen LogP contribution in [0.3, 0.4) is 0 Å². The van der Waals surface area contributed by atoms with Crippen LogP contribution in [-0.2, 0) is 16.6 Å². The largest absolute Gasteiger partial charge is 0.490 e. The predicted molar refractivity (Wildman–Crippen MR) is 107 cm³/mol. The van der Waals surface area contributed by atoms with Crippen molar-refractivity contribution in [3.05, 3.63) is 54.1 Å². The molecule has 1 heterocycles. The smallest absolute Gasteiger partial charge is 0.243 e. The molecule has 0 aromatic heterocycles. The van der Waals surface area contributed by atoms with Gasteiger partial charge in [-0.2, -0.15) is 4.31 Å². The Balaban J connectivity index is 0.00000261. The molecule has 2 aromatic carbocycles. The summed E-state index contributed by atoms with van der Waals surface area (Å²) in [4.78, 5) is 0.203. The van der Waals surface area contributed by atoms with E-state index in [1.54, 1.807) is 18.2 Å². The van der Waals surface area contributed by atoms with E-state index < -0.39 is 10.0 Å². The maximum atomic E-state index is 13.2. The van der Waals surface area contributed by atoms with Gasteiger partial charge in [-0.15, -0.1) is 12.4 Å². The van der Waals surface area contributed by atoms with Crippen LogP contribution in [0.4, 0.5) is 0 Å². The van der Waals surface area contributed by atoms with Crippen LogP contribution >= 0.6 is 12.4 Å². The van der Waals surface area contributed by atoms with Crippen molar-refractivity contribution in [1.82, 2.24) is 4.31 Å². The zero-order valence-corrected chi connectivity index (χ0v) is 16.7. The molecule has 2 N–H and O–H groups in total. The standard InChI is InChI=1S/C19H24N2O4S.ClH/c20-10-4-11-21(15-16-6-2-1-3-7-16)26(22,23)17-8-9-18-19(14-17)25-13-5-12-24-18;/h1-3,6-9,14H,4-5,10-13,15,20H2;1H. The molecule has 148 valence electrons. The monoisotopic (exact) mass is 412 g/mol. The molecule has 27 heavy (non-hydrogen) atoms. The minimum absolute atomic E-state index is 0. The summed E-state index contributed by atoms with van der Waals surface area (Å²) in [6.07, 6.45) is 1.37. The van der Waals surface area contributed by atoms with E-state index in [0.717, 1.165) is 12.0 Å². The maximum Gasteiger partial charge on any atom is 0.243 e. The summed E-state index contributed by atoms with van der Waals surface area (Å²) in [6, 6.07) is 14.3. The minimum Gasteiger partial charge on any atom is -0.490 e. The maximum absolute atomic E-state index is 13.2. The highest BCUT2D eigenvalue weighted by molar-refractivity contribution is 7.89. The fourth-order valence-electron chi connectivity index (χ4n) is 2.79. The lowest BCUT2D eigenvalue weighted by Crippen LogP contribution is -2.32. The highest BCUT2D eigenvalue weighted by Crippen LogP contribution is 2.33. The molecule has 0 saturated carbocycles. The van der Waals surface area contributed by atoms with Crippen molar-refractivity contribution >= 4 is 22.4 Å². The van der Waals surface area contributed by atoms with Gasteiger partial charge in [0, 0.05) is 25.6 Å². The SMILES string of the molecule is Cl.NCCCN(Cc1ccccc1)S(=O)(=O)c1ccc2c(c1)OCCCO2. The molecule has 2 aromatic rings. The number of hydrogen-bond acceptors (Lipinski definition) is 5. The average molecular weight is 413 g/mol. The number of fused-ring (bicyclic) bond motifs is 1. The van der Waals surface area contributed by atoms with Crippen molar-refractivity contribution in [2.45, 2.75) is 24.3 Å². The molecule has 0 unspecified atom stereocenters. The van der Waals surface area contributed by atoms with Crippen molar-refractivity contribution in [3.63, 3.8) is 0 Å². The molecule has 3 rings (SSSR count). The van der Waals surface area contributed by atoms with Crippen LogP contribution in [0.5, 0.6) is 11.5 Å². The van der Waals surface area contributed by atoms with Crippen LogP contribution in [0, 0.1) is 0 Å². The molecule has 0 radical (unpaired) electrons. The topological polar surface area (TPSA) is 81.9 Å². The number of ether oxygens (including phenoxy) is 2. The third-order valence-electron chi connectivity index (χ3n) is 4.17. The number of nitrogens with two attached hydrogens (primary N) is 1. The van der Waals surface area contributed by atoms with Gasteiger partial charge in [0.15, 0.2) is 11.5 Å². The van der Waals surface area contributed by atoms with Gasteiger partial charge in [-0.25, -0.2) is 8.42 Å². The minimum atomic E-state index is -3.67. The summed E-state index contributed by atoms with van der Waals surface area (Å²) in [7, 11) is -3.67. The zero-order valence-electron chi connectivity index (χ0n) is 15.0. The lowest BCUT2D eigenvalue weighted by molar-refractivity contribution is 0.296. The molecule has 0 amide bonds. The quantitative estimate of drug-likeness (QED) is 0.756. The second-order valence-corrected chi connectivity index (χ2v) is 8.06. The lowest BCUT2D eigenvalue weighted by Gasteiger charge is -2.22. The Morgan fingerprint density at radius 2 is 1.70 bits per heavy atom. The second-order valence-electron chi connectivity index (χ2n) is 6.13. The molecule has 0 saturated heterocycles. The van der Waals surface area contributed by atoms with Gasteiger partial charge < -0.3 is 15.2 Å². The Morgan fingerprint density at radius 1 is 1.00 bits per heavy atom. The summed E-state index contributed by atoms with van der Waals surface area (Å²) in [5.41, 5.74) is 6.54. The van der Waals surface area contributed by atoms with Crippen LogP contribution < -0.4 is 15.2 Å². The molecule has 0 spiro atoms. The summed E-state index contributed by atoms with van der Waals surface area (Å²) in [5, 5.41) is 0. The number of sulfonamides is 1. The molecule has 0 fully saturated rings. The number of rotatable bonds is 7. The zero-order chi connectivity index (χ0) is 18.4. The molecular weight excluding hydrogens is 388 g/mol. The van der Waals surface area contributed by atoms with E-state index in [4.69, 9.17) is 15.2 Å². The van der Waals surface area contributed by atoms with Gasteiger partial charge in [0.05, 0.1) is 18.1 Å². The Labute approximate surface area is 166 Å². The lowest BCUT2D eigenvalue weighted by atomic mass is 10.2. The first-order chi connectivity index (χ1) is 12.6. The number of nitrogens with zero attached hydrogens (tertiary/aromatic N) is 1. The molecule has 0 aliphatic carbocycles. The van der Waals surface area contributed by atoms with Crippen molar-refractivity contribution < 1.29 is 17.9 Å². The van der Waals surface area contributed by atoms with Gasteiger partial charge in [0.1, 0.15) is 0 Å². The summed E-state index contributed by atoms with van der Waals surface area (Å²) < 4.78 is 39.1. The van der Waals surface area contributed by atoms with E-state index in [9.17, 15) is 8.42 Å². The Bertz CT molecular complexity index is 831. The van der Waals surface area contributed by atoms with Gasteiger partial charge in [0.25, 0.3) is 0 Å². The predicted octanol–water partition coefficient (Wildman–Crippen LogP) is 2.81. The fourth-order valence-corrected chi connectivity index (χ4v) is 4.27. The second kappa shape index (κ2) is 9.94. The van der Waals surface area contributed by atoms with E-state index in [2.05, 4.69) is 0 Å². The van der Waals surface area contributed by atoms with E-state index in [1.807, 2.05) is 30.3 Å². The third kappa shape index (κ3) is 5.35. The van der Waals surface area contributed by atoms with Gasteiger partial charge in [0.2, 0.25) is 10.0 Å². The summed E-state index contributed by atoms with van der Waals surface area (Å²) >= 11 is 0. The van der Waals surface area contributed by atoms with Crippen LogP contribution in [-0.4, -0.2) is 39.0 Å². The third-order valence-corrected chi connectivity index (χ3v) is 6.01. The van der Waals surface area contributed by atoms with Crippen molar-refractivity contribution in [3.8, 4) is 11.5 Å². The van der Waals surface area contributed by atoms with E-state index in [1.165, 1.54) is 4.31 Å². The van der Waals surface area contributed by atoms with Crippen molar-refractivity contribution in [1.29, 1.82) is 0 Å². The van der Waals surface area contributed by atoms with E-state index in [0.29, 0.717) is 50.8 Å². The highest BCUT2D eigenvalue weighted by Gasteiger charge is 2.26. The van der Waals surface area contributed by atoms with Gasteiger partial charge in [-0.3, -0.25) is 0 Å². The number of halogens is 1. The van der Waals surface area contributed by atoms with Crippen molar-refractivity contribution in [2.24, 2.45) is 5.73 Å². The molecule has 0 bridgehead atoms. The van der Waals surface area contributed by atoms with E-state index in [-0.39, 0.29) is 17.3 Å². The van der Waals surface area contributed by atoms with Crippen LogP contribution in [0.25, 0.3) is 0 Å². The molecule has 1 aliphatic heterocycles. The van der Waals surface area contributed by atoms with Gasteiger partial charge >= 0.3 is 0 Å². The summed E-state index contributed by atoms with van der Waals surface area (Å²) in [6.45, 7) is 2.18. The molecule has 1 aliphatic rings. The Morgan fingerprint density at radius 3 is 2.41 bits per heavy atom.